The van der Waals surface area contributed by atoms with Gasteiger partial charge in [0.15, 0.2) is 5.82 Å². The van der Waals surface area contributed by atoms with Crippen molar-refractivity contribution in [2.24, 2.45) is 7.05 Å². The lowest BCUT2D eigenvalue weighted by molar-refractivity contribution is -0.117. The van der Waals surface area contributed by atoms with Crippen LogP contribution >= 0.6 is 0 Å². The third kappa shape index (κ3) is 3.88. The second kappa shape index (κ2) is 8.38. The molecule has 0 saturated carbocycles. The van der Waals surface area contributed by atoms with Crippen LogP contribution in [0.1, 0.15) is 52.0 Å². The summed E-state index contributed by atoms with van der Waals surface area (Å²) in [6.45, 7) is 2.97. The number of aromatic nitrogens is 4. The Morgan fingerprint density at radius 1 is 1.18 bits per heavy atom. The summed E-state index contributed by atoms with van der Waals surface area (Å²) >= 11 is 0. The Balaban J connectivity index is 1.42. The van der Waals surface area contributed by atoms with E-state index in [-0.39, 0.29) is 30.1 Å². The first-order valence-electron chi connectivity index (χ1n) is 11.1. The average Bonchev–Trinajstić information content (AvgIpc) is 3.52. The van der Waals surface area contributed by atoms with Crippen molar-refractivity contribution in [1.82, 2.24) is 24.6 Å². The Kier molecular flexibility index (Phi) is 5.39. The van der Waals surface area contributed by atoms with Crippen molar-refractivity contribution in [2.45, 2.75) is 38.6 Å². The molecule has 3 aromatic rings. The lowest BCUT2D eigenvalue weighted by Gasteiger charge is -2.25. The lowest BCUT2D eigenvalue weighted by Crippen LogP contribution is -2.33. The summed E-state index contributed by atoms with van der Waals surface area (Å²) in [6.07, 6.45) is 4.11. The number of aryl methyl sites for hydroxylation is 2. The number of anilines is 1. The Hall–Kier alpha value is -3.62. The summed E-state index contributed by atoms with van der Waals surface area (Å²) in [5, 5.41) is 4.11. The second-order valence-corrected chi connectivity index (χ2v) is 8.56. The fraction of sp³-hybridized carbons (Fsp3) is 0.375. The van der Waals surface area contributed by atoms with Crippen LogP contribution < -0.4 is 4.90 Å². The molecule has 0 spiro atoms. The number of hydrogen-bond acceptors (Lipinski definition) is 5. The van der Waals surface area contributed by atoms with Crippen molar-refractivity contribution < 1.29 is 14.0 Å². The molecule has 5 rings (SSSR count). The first kappa shape index (κ1) is 21.2. The van der Waals surface area contributed by atoms with Gasteiger partial charge in [-0.25, -0.2) is 14.4 Å². The maximum Gasteiger partial charge on any atom is 0.272 e. The van der Waals surface area contributed by atoms with Gasteiger partial charge in [-0.3, -0.25) is 19.2 Å². The molecule has 8 nitrogen and oxygen atoms in total. The van der Waals surface area contributed by atoms with E-state index in [0.29, 0.717) is 36.8 Å². The van der Waals surface area contributed by atoms with Crippen LogP contribution in [0.15, 0.2) is 36.5 Å². The van der Waals surface area contributed by atoms with Gasteiger partial charge in [-0.1, -0.05) is 12.1 Å². The van der Waals surface area contributed by atoms with Gasteiger partial charge in [0.2, 0.25) is 5.91 Å². The number of hydrogen-bond donors (Lipinski definition) is 0. The number of amides is 2. The molecule has 1 aromatic carbocycles. The average molecular weight is 449 g/mol. The summed E-state index contributed by atoms with van der Waals surface area (Å²) in [6, 6.07) is 7.77. The summed E-state index contributed by atoms with van der Waals surface area (Å²) in [5.41, 5.74) is 3.08. The van der Waals surface area contributed by atoms with Crippen LogP contribution in [0.5, 0.6) is 0 Å². The van der Waals surface area contributed by atoms with Gasteiger partial charge in [0.1, 0.15) is 17.3 Å². The maximum atomic E-state index is 13.2. The molecule has 170 valence electrons. The van der Waals surface area contributed by atoms with Crippen molar-refractivity contribution in [3.63, 3.8) is 0 Å². The minimum atomic E-state index is -0.281. The van der Waals surface area contributed by atoms with Gasteiger partial charge < -0.3 is 4.90 Å². The van der Waals surface area contributed by atoms with E-state index >= 15 is 0 Å². The van der Waals surface area contributed by atoms with E-state index in [1.54, 1.807) is 45.9 Å². The first-order chi connectivity index (χ1) is 15.9. The highest BCUT2D eigenvalue weighted by Gasteiger charge is 2.37. The molecule has 1 saturated heterocycles. The predicted octanol–water partition coefficient (Wildman–Crippen LogP) is 2.77. The van der Waals surface area contributed by atoms with E-state index < -0.39 is 0 Å². The molecule has 0 N–H and O–H groups in total. The van der Waals surface area contributed by atoms with Crippen LogP contribution in [0.2, 0.25) is 0 Å². The minimum absolute atomic E-state index is 0.0177. The number of carbonyl (C=O) groups excluding carboxylic acids is 2. The van der Waals surface area contributed by atoms with E-state index in [1.165, 1.54) is 12.1 Å². The third-order valence-electron chi connectivity index (χ3n) is 6.48. The van der Waals surface area contributed by atoms with E-state index in [9.17, 15) is 14.0 Å². The summed E-state index contributed by atoms with van der Waals surface area (Å²) in [4.78, 5) is 38.9. The highest BCUT2D eigenvalue weighted by molar-refractivity contribution is 6.00. The highest BCUT2D eigenvalue weighted by Crippen LogP contribution is 2.35. The first-order valence-corrected chi connectivity index (χ1v) is 11.1. The van der Waals surface area contributed by atoms with Crippen LogP contribution in [0, 0.1) is 12.7 Å². The Morgan fingerprint density at radius 3 is 2.70 bits per heavy atom. The monoisotopic (exact) mass is 448 g/mol. The summed E-state index contributed by atoms with van der Waals surface area (Å²) in [7, 11) is 1.75. The molecule has 0 unspecified atom stereocenters. The summed E-state index contributed by atoms with van der Waals surface area (Å²) in [5.74, 6) is 0.806. The van der Waals surface area contributed by atoms with E-state index in [2.05, 4.69) is 5.10 Å². The van der Waals surface area contributed by atoms with Crippen LogP contribution in [0.25, 0.3) is 0 Å². The number of fused-ring (bicyclic) bond motifs is 1. The number of likely N-dealkylation sites (tertiary alicyclic amines) is 1. The standard InChI is InChI=1S/C24H25FN6O2/c1-15-18-14-21(32)31(13-10-16-5-7-17(25)8-6-16)23(18)28-22(27-15)19-4-3-12-30(19)24(33)20-9-11-26-29(20)2/h5-9,11,19H,3-4,10,12-14H2,1-2H3/t19-/m0/s1. The molecule has 9 heteroatoms. The van der Waals surface area contributed by atoms with E-state index in [4.69, 9.17) is 9.97 Å². The zero-order chi connectivity index (χ0) is 23.1. The fourth-order valence-corrected chi connectivity index (χ4v) is 4.68. The van der Waals surface area contributed by atoms with Gasteiger partial charge >= 0.3 is 0 Å². The van der Waals surface area contributed by atoms with Crippen molar-refractivity contribution in [3.8, 4) is 0 Å². The zero-order valence-corrected chi connectivity index (χ0v) is 18.7. The number of benzene rings is 1. The Bertz CT molecular complexity index is 1220. The number of halogens is 1. The third-order valence-corrected chi connectivity index (χ3v) is 6.48. The van der Waals surface area contributed by atoms with Gasteiger partial charge in [-0.2, -0.15) is 5.10 Å². The number of rotatable bonds is 5. The largest absolute Gasteiger partial charge is 0.327 e. The van der Waals surface area contributed by atoms with Crippen molar-refractivity contribution in [3.05, 3.63) is 70.7 Å². The molecule has 2 aromatic heterocycles. The number of nitrogens with zero attached hydrogens (tertiary/aromatic N) is 6. The topological polar surface area (TPSA) is 84.2 Å². The molecule has 2 aliphatic heterocycles. The molecule has 1 atom stereocenters. The van der Waals surface area contributed by atoms with Gasteiger partial charge in [-0.15, -0.1) is 0 Å². The Labute approximate surface area is 191 Å². The van der Waals surface area contributed by atoms with Crippen LogP contribution in [-0.4, -0.2) is 49.6 Å². The van der Waals surface area contributed by atoms with E-state index in [0.717, 1.165) is 29.7 Å². The van der Waals surface area contributed by atoms with Crippen LogP contribution in [0.4, 0.5) is 10.2 Å². The molecular formula is C24H25FN6O2. The smallest absolute Gasteiger partial charge is 0.272 e. The van der Waals surface area contributed by atoms with Crippen molar-refractivity contribution in [1.29, 1.82) is 0 Å². The quantitative estimate of drug-likeness (QED) is 0.599. The molecule has 1 fully saturated rings. The van der Waals surface area contributed by atoms with Crippen LogP contribution in [0.3, 0.4) is 0 Å². The normalized spacial score (nSPS) is 17.7. The molecule has 2 aliphatic rings. The zero-order valence-electron chi connectivity index (χ0n) is 18.7. The number of carbonyl (C=O) groups is 2. The summed E-state index contributed by atoms with van der Waals surface area (Å²) < 4.78 is 14.8. The molecule has 0 radical (unpaired) electrons. The van der Waals surface area contributed by atoms with Gasteiger partial charge in [-0.05, 0) is 49.9 Å². The SMILES string of the molecule is Cc1nc([C@@H]2CCCN2C(=O)c2ccnn2C)nc2c1CC(=O)N2CCc1ccc(F)cc1. The Morgan fingerprint density at radius 2 is 1.97 bits per heavy atom. The van der Waals surface area contributed by atoms with E-state index in [1.807, 2.05) is 6.92 Å². The van der Waals surface area contributed by atoms with Crippen molar-refractivity contribution in [2.75, 3.05) is 18.0 Å². The van der Waals surface area contributed by atoms with Crippen LogP contribution in [-0.2, 0) is 24.7 Å². The molecule has 2 amide bonds. The second-order valence-electron chi connectivity index (χ2n) is 8.56. The molecule has 0 bridgehead atoms. The predicted molar refractivity (Wildman–Crippen MR) is 119 cm³/mol. The lowest BCUT2D eigenvalue weighted by atomic mass is 10.1. The fourth-order valence-electron chi connectivity index (χ4n) is 4.68. The van der Waals surface area contributed by atoms with Gasteiger partial charge in [0, 0.05) is 37.6 Å². The minimum Gasteiger partial charge on any atom is -0.327 e. The molecule has 33 heavy (non-hydrogen) atoms. The highest BCUT2D eigenvalue weighted by atomic mass is 19.1. The molecule has 0 aliphatic carbocycles. The molecule has 4 heterocycles. The van der Waals surface area contributed by atoms with Gasteiger partial charge in [0.25, 0.3) is 5.91 Å². The maximum absolute atomic E-state index is 13.2. The van der Waals surface area contributed by atoms with Crippen molar-refractivity contribution >= 4 is 17.6 Å². The van der Waals surface area contributed by atoms with Gasteiger partial charge in [0.05, 0.1) is 12.5 Å². The molecular weight excluding hydrogens is 423 g/mol.